The number of ether oxygens (including phenoxy) is 2. The average molecular weight is 818 g/mol. The summed E-state index contributed by atoms with van der Waals surface area (Å²) in [4.78, 5) is 39.5. The highest BCUT2D eigenvalue weighted by atomic mass is 35.5. The van der Waals surface area contributed by atoms with Gasteiger partial charge in [0.05, 0.1) is 47.2 Å². The fourth-order valence-corrected chi connectivity index (χ4v) is 9.89. The third-order valence-electron chi connectivity index (χ3n) is 12.7. The molecule has 57 heavy (non-hydrogen) atoms. The number of nitrogens with zero attached hydrogens (tertiary/aromatic N) is 5. The lowest BCUT2D eigenvalue weighted by molar-refractivity contribution is -0.148. The molecule has 2 saturated carbocycles. The molecule has 2 aliphatic carbocycles. The average Bonchev–Trinajstić information content (AvgIpc) is 3.90. The Labute approximate surface area is 341 Å². The Hall–Kier alpha value is -4.33. The highest BCUT2D eigenvalue weighted by molar-refractivity contribution is 6.39. The van der Waals surface area contributed by atoms with Gasteiger partial charge in [-0.15, -0.1) is 0 Å². The van der Waals surface area contributed by atoms with Crippen LogP contribution in [0.1, 0.15) is 77.4 Å². The third kappa shape index (κ3) is 7.82. The van der Waals surface area contributed by atoms with E-state index in [1.54, 1.807) is 55.8 Å². The van der Waals surface area contributed by atoms with Crippen LogP contribution in [0.2, 0.25) is 10.0 Å². The van der Waals surface area contributed by atoms with Crippen LogP contribution in [0.4, 0.5) is 10.1 Å². The van der Waals surface area contributed by atoms with Gasteiger partial charge < -0.3 is 24.5 Å². The van der Waals surface area contributed by atoms with Crippen molar-refractivity contribution >= 4 is 52.7 Å². The van der Waals surface area contributed by atoms with Gasteiger partial charge >= 0.3 is 5.97 Å². The monoisotopic (exact) mass is 816 g/mol. The lowest BCUT2D eigenvalue weighted by Gasteiger charge is -2.32. The van der Waals surface area contributed by atoms with Crippen molar-refractivity contribution in [3.05, 3.63) is 92.7 Å². The molecule has 4 aliphatic rings. The molecule has 4 heterocycles. The number of anilines is 1. The number of carboxylic acids is 1. The molecule has 0 radical (unpaired) electrons. The Morgan fingerprint density at radius 2 is 1.77 bits per heavy atom. The van der Waals surface area contributed by atoms with Crippen molar-refractivity contribution < 1.29 is 28.6 Å². The largest absolute Gasteiger partial charge is 0.496 e. The predicted octanol–water partition coefficient (Wildman–Crippen LogP) is 8.13. The van der Waals surface area contributed by atoms with Gasteiger partial charge in [0.25, 0.3) is 5.91 Å². The molecule has 0 unspecified atom stereocenters. The van der Waals surface area contributed by atoms with Crippen LogP contribution in [-0.4, -0.2) is 87.8 Å². The molecule has 14 heteroatoms. The number of pyridine rings is 1. The van der Waals surface area contributed by atoms with Gasteiger partial charge in [-0.05, 0) is 68.2 Å². The summed E-state index contributed by atoms with van der Waals surface area (Å²) in [7, 11) is 3.42. The SMILES string of the molecule is COc1cc(/C(F)=C/c2cccc(-c3cccc(NC(=O)c4nc5c(n4C)CCN(CCC46CCC(C(=O)O)(CC4)C6)C5)c3Cl)c2Cl)ncc1CN1CCOCC1. The molecule has 3 fully saturated rings. The Morgan fingerprint density at radius 1 is 1.04 bits per heavy atom. The van der Waals surface area contributed by atoms with Gasteiger partial charge in [0.2, 0.25) is 0 Å². The number of carbonyl (C=O) groups is 2. The third-order valence-corrected chi connectivity index (χ3v) is 13.5. The first-order valence-electron chi connectivity index (χ1n) is 19.6. The van der Waals surface area contributed by atoms with Gasteiger partial charge in [-0.2, -0.15) is 0 Å². The summed E-state index contributed by atoms with van der Waals surface area (Å²) in [6.07, 6.45) is 9.08. The predicted molar refractivity (Wildman–Crippen MR) is 218 cm³/mol. The number of carbonyl (C=O) groups excluding carboxylic acids is 1. The van der Waals surface area contributed by atoms with Gasteiger partial charge in [-0.1, -0.05) is 53.5 Å². The van der Waals surface area contributed by atoms with Gasteiger partial charge in [0.15, 0.2) is 5.82 Å². The normalized spacial score (nSPS) is 22.4. The summed E-state index contributed by atoms with van der Waals surface area (Å²) in [6, 6.07) is 12.2. The minimum absolute atomic E-state index is 0.122. The quantitative estimate of drug-likeness (QED) is 0.146. The summed E-state index contributed by atoms with van der Waals surface area (Å²) >= 11 is 13.9. The number of nitrogens with one attached hydrogen (secondary N) is 1. The number of aliphatic carboxylic acids is 1. The summed E-state index contributed by atoms with van der Waals surface area (Å²) < 4.78 is 28.7. The van der Waals surface area contributed by atoms with E-state index in [-0.39, 0.29) is 27.1 Å². The summed E-state index contributed by atoms with van der Waals surface area (Å²) in [6.45, 7) is 5.96. The maximum absolute atomic E-state index is 15.8. The molecule has 2 aromatic carbocycles. The van der Waals surface area contributed by atoms with E-state index in [9.17, 15) is 14.7 Å². The van der Waals surface area contributed by atoms with Crippen LogP contribution in [0.3, 0.4) is 0 Å². The zero-order valence-corrected chi connectivity index (χ0v) is 33.8. The zero-order valence-electron chi connectivity index (χ0n) is 32.3. The molecule has 1 amide bonds. The lowest BCUT2D eigenvalue weighted by Crippen LogP contribution is -2.35. The molecule has 2 aromatic heterocycles. The number of aromatic nitrogens is 3. The second-order valence-corrected chi connectivity index (χ2v) is 16.8. The number of hydrogen-bond donors (Lipinski definition) is 2. The van der Waals surface area contributed by atoms with Crippen LogP contribution >= 0.6 is 23.2 Å². The van der Waals surface area contributed by atoms with E-state index in [1.165, 1.54) is 6.08 Å². The molecular formula is C43H47Cl2FN6O5. The standard InChI is InChI=1S/C43H47Cl2FN6O5/c1-50-35-9-15-51(16-14-42-10-12-43(26-42,13-11-42)41(54)55)25-34(35)48-39(50)40(53)49-32-8-4-7-30(38(32)45)29-6-3-5-27(37(29)44)21-31(46)33-22-36(56-2)28(23-47-33)24-52-17-19-57-20-18-52/h3-8,21-23H,9-20,24-26H2,1-2H3,(H,49,53)(H,54,55)/b31-21-. The van der Waals surface area contributed by atoms with Gasteiger partial charge in [0, 0.05) is 80.8 Å². The van der Waals surface area contributed by atoms with Crippen molar-refractivity contribution in [1.29, 1.82) is 0 Å². The van der Waals surface area contributed by atoms with Crippen molar-refractivity contribution in [1.82, 2.24) is 24.3 Å². The van der Waals surface area contributed by atoms with Gasteiger partial charge in [0.1, 0.15) is 17.3 Å². The highest BCUT2D eigenvalue weighted by Gasteiger charge is 2.57. The second-order valence-electron chi connectivity index (χ2n) is 16.0. The highest BCUT2D eigenvalue weighted by Crippen LogP contribution is 2.63. The number of methoxy groups -OCH3 is 1. The Kier molecular flexibility index (Phi) is 11.2. The van der Waals surface area contributed by atoms with E-state index < -0.39 is 17.2 Å². The minimum Gasteiger partial charge on any atom is -0.496 e. The Bertz CT molecular complexity index is 2230. The maximum atomic E-state index is 15.8. The number of carboxylic acid groups (broad SMARTS) is 1. The molecular weight excluding hydrogens is 770 g/mol. The Morgan fingerprint density at radius 3 is 2.49 bits per heavy atom. The summed E-state index contributed by atoms with van der Waals surface area (Å²) in [5.41, 5.74) is 4.47. The van der Waals surface area contributed by atoms with Crippen molar-refractivity contribution in [2.24, 2.45) is 17.9 Å². The molecule has 8 rings (SSSR count). The van der Waals surface area contributed by atoms with Gasteiger partial charge in [-0.3, -0.25) is 24.4 Å². The van der Waals surface area contributed by atoms with E-state index in [2.05, 4.69) is 20.1 Å². The smallest absolute Gasteiger partial charge is 0.309 e. The van der Waals surface area contributed by atoms with Crippen LogP contribution in [0.5, 0.6) is 5.75 Å². The van der Waals surface area contributed by atoms with E-state index in [1.807, 2.05) is 11.6 Å². The van der Waals surface area contributed by atoms with E-state index in [0.29, 0.717) is 60.3 Å². The van der Waals surface area contributed by atoms with Crippen LogP contribution in [0.25, 0.3) is 23.0 Å². The van der Waals surface area contributed by atoms with Crippen molar-refractivity contribution in [3.8, 4) is 16.9 Å². The summed E-state index contributed by atoms with van der Waals surface area (Å²) in [5, 5.41) is 13.4. The molecule has 2 aliphatic heterocycles. The van der Waals surface area contributed by atoms with E-state index in [0.717, 1.165) is 88.1 Å². The molecule has 4 aromatic rings. The van der Waals surface area contributed by atoms with Crippen molar-refractivity contribution in [2.75, 3.05) is 51.8 Å². The van der Waals surface area contributed by atoms with Gasteiger partial charge in [-0.25, -0.2) is 9.37 Å². The molecule has 11 nitrogen and oxygen atoms in total. The number of imidazole rings is 1. The first kappa shape index (κ1) is 39.5. The number of halogens is 3. The Balaban J connectivity index is 0.949. The molecule has 2 bridgehead atoms. The molecule has 2 N–H and O–H groups in total. The number of rotatable bonds is 12. The van der Waals surface area contributed by atoms with Crippen LogP contribution < -0.4 is 10.1 Å². The number of hydrogen-bond acceptors (Lipinski definition) is 8. The number of morpholine rings is 1. The van der Waals surface area contributed by atoms with Crippen LogP contribution in [-0.2, 0) is 36.1 Å². The van der Waals surface area contributed by atoms with Crippen LogP contribution in [0.15, 0.2) is 48.7 Å². The minimum atomic E-state index is -0.632. The van der Waals surface area contributed by atoms with Crippen LogP contribution in [0, 0.1) is 10.8 Å². The number of amides is 1. The fraction of sp³-hybridized carbons (Fsp3) is 0.442. The van der Waals surface area contributed by atoms with Crippen molar-refractivity contribution in [2.45, 2.75) is 58.0 Å². The van der Waals surface area contributed by atoms with E-state index >= 15 is 4.39 Å². The zero-order chi connectivity index (χ0) is 39.9. The lowest BCUT2D eigenvalue weighted by atomic mass is 9.80. The molecule has 1 saturated heterocycles. The number of benzene rings is 2. The fourth-order valence-electron chi connectivity index (χ4n) is 9.33. The first-order valence-corrected chi connectivity index (χ1v) is 20.3. The maximum Gasteiger partial charge on any atom is 0.309 e. The first-order chi connectivity index (χ1) is 27.5. The second kappa shape index (κ2) is 16.1. The van der Waals surface area contributed by atoms with Crippen molar-refractivity contribution in [3.63, 3.8) is 0 Å². The molecule has 0 spiro atoms. The molecule has 300 valence electrons. The topological polar surface area (TPSA) is 122 Å². The summed E-state index contributed by atoms with van der Waals surface area (Å²) in [5.74, 6) is -0.755. The van der Waals surface area contributed by atoms with E-state index in [4.69, 9.17) is 37.7 Å². The molecule has 0 atom stereocenters. The number of fused-ring (bicyclic) bond motifs is 3.